The molecule has 6 heteroatoms. The van der Waals surface area contributed by atoms with Gasteiger partial charge in [-0.3, -0.25) is 14.5 Å². The van der Waals surface area contributed by atoms with Crippen LogP contribution in [0.15, 0.2) is 66.0 Å². The third-order valence-electron chi connectivity index (χ3n) is 5.44. The van der Waals surface area contributed by atoms with E-state index in [1.54, 1.807) is 23.5 Å². The summed E-state index contributed by atoms with van der Waals surface area (Å²) >= 11 is 1.68. The number of hydrogen-bond acceptors (Lipinski definition) is 4. The number of benzene rings is 2. The van der Waals surface area contributed by atoms with Gasteiger partial charge in [-0.1, -0.05) is 48.0 Å². The molecule has 3 aromatic rings. The molecule has 0 bridgehead atoms. The first kappa shape index (κ1) is 20.3. The molecule has 2 N–H and O–H groups in total. The molecule has 0 radical (unpaired) electrons. The van der Waals surface area contributed by atoms with Gasteiger partial charge in [-0.15, -0.1) is 11.3 Å². The summed E-state index contributed by atoms with van der Waals surface area (Å²) in [5, 5.41) is 7.54. The van der Waals surface area contributed by atoms with Crippen molar-refractivity contribution in [2.24, 2.45) is 0 Å². The normalized spacial score (nSPS) is 14.6. The lowest BCUT2D eigenvalue weighted by atomic mass is 9.98. The number of carbonyl (C=O) groups is 2. The maximum atomic E-state index is 12.4. The second kappa shape index (κ2) is 9.24. The largest absolute Gasteiger partial charge is 0.346 e. The number of thiophene rings is 1. The van der Waals surface area contributed by atoms with Crippen LogP contribution in [0.1, 0.15) is 27.6 Å². The fraction of sp³-hybridized carbons (Fsp3) is 0.250. The van der Waals surface area contributed by atoms with Gasteiger partial charge in [-0.25, -0.2) is 0 Å². The molecule has 0 aliphatic carbocycles. The van der Waals surface area contributed by atoms with Gasteiger partial charge in [0, 0.05) is 30.2 Å². The van der Waals surface area contributed by atoms with E-state index >= 15 is 0 Å². The summed E-state index contributed by atoms with van der Waals surface area (Å²) in [6.07, 6.45) is 0.986. The van der Waals surface area contributed by atoms with Crippen LogP contribution in [-0.4, -0.2) is 29.8 Å². The zero-order chi connectivity index (χ0) is 20.9. The van der Waals surface area contributed by atoms with Crippen molar-refractivity contribution in [2.75, 3.05) is 18.4 Å². The zero-order valence-electron chi connectivity index (χ0n) is 16.9. The average Bonchev–Trinajstić information content (AvgIpc) is 3.30. The molecule has 4 rings (SSSR count). The molecule has 1 aliphatic heterocycles. The molecule has 154 valence electrons. The number of aryl methyl sites for hydroxylation is 1. The lowest BCUT2D eigenvalue weighted by molar-refractivity contribution is -0.136. The number of anilines is 1. The van der Waals surface area contributed by atoms with Crippen molar-refractivity contribution >= 4 is 28.8 Å². The van der Waals surface area contributed by atoms with Crippen molar-refractivity contribution in [2.45, 2.75) is 25.9 Å². The molecule has 1 aromatic heterocycles. The predicted octanol–water partition coefficient (Wildman–Crippen LogP) is 3.91. The van der Waals surface area contributed by atoms with Crippen LogP contribution in [0.25, 0.3) is 0 Å². The second-order valence-corrected chi connectivity index (χ2v) is 8.53. The fourth-order valence-electron chi connectivity index (χ4n) is 3.77. The molecule has 0 fully saturated rings. The van der Waals surface area contributed by atoms with E-state index in [0.29, 0.717) is 12.2 Å². The first-order chi connectivity index (χ1) is 14.6. The number of rotatable bonds is 5. The highest BCUT2D eigenvalue weighted by molar-refractivity contribution is 7.10. The lowest BCUT2D eigenvalue weighted by Crippen LogP contribution is -2.43. The molecule has 30 heavy (non-hydrogen) atoms. The van der Waals surface area contributed by atoms with Gasteiger partial charge in [0.1, 0.15) is 0 Å². The number of nitrogens with zero attached hydrogens (tertiary/aromatic N) is 1. The Balaban J connectivity index is 1.41. The van der Waals surface area contributed by atoms with E-state index in [1.165, 1.54) is 16.0 Å². The van der Waals surface area contributed by atoms with Crippen molar-refractivity contribution < 1.29 is 9.59 Å². The maximum Gasteiger partial charge on any atom is 0.313 e. The molecule has 2 heterocycles. The predicted molar refractivity (Wildman–Crippen MR) is 120 cm³/mol. The number of fused-ring (bicyclic) bond motifs is 1. The summed E-state index contributed by atoms with van der Waals surface area (Å²) in [4.78, 5) is 28.3. The first-order valence-corrected chi connectivity index (χ1v) is 11.0. The van der Waals surface area contributed by atoms with E-state index in [1.807, 2.05) is 30.5 Å². The minimum atomic E-state index is -0.646. The van der Waals surface area contributed by atoms with Gasteiger partial charge in [-0.2, -0.15) is 0 Å². The molecule has 0 unspecified atom stereocenters. The Labute approximate surface area is 180 Å². The van der Waals surface area contributed by atoms with Crippen LogP contribution in [-0.2, 0) is 22.6 Å². The topological polar surface area (TPSA) is 61.4 Å². The van der Waals surface area contributed by atoms with Crippen LogP contribution < -0.4 is 10.6 Å². The summed E-state index contributed by atoms with van der Waals surface area (Å²) < 4.78 is 0. The molecular weight excluding hydrogens is 394 g/mol. The summed E-state index contributed by atoms with van der Waals surface area (Å²) in [6.45, 7) is 4.13. The fourth-order valence-corrected chi connectivity index (χ4v) is 4.63. The van der Waals surface area contributed by atoms with Crippen LogP contribution in [0.2, 0.25) is 0 Å². The SMILES string of the molecule is Cc1ccc(NC(=O)C(=O)NC[C@H](c2cccs2)N2CCc3ccccc3C2)cc1. The summed E-state index contributed by atoms with van der Waals surface area (Å²) in [5.74, 6) is -1.26. The van der Waals surface area contributed by atoms with Crippen molar-refractivity contribution in [3.63, 3.8) is 0 Å². The van der Waals surface area contributed by atoms with Gasteiger partial charge in [0.25, 0.3) is 0 Å². The van der Waals surface area contributed by atoms with Gasteiger partial charge in [0.05, 0.1) is 6.04 Å². The molecule has 1 atom stereocenters. The highest BCUT2D eigenvalue weighted by atomic mass is 32.1. The third-order valence-corrected chi connectivity index (χ3v) is 6.42. The minimum Gasteiger partial charge on any atom is -0.346 e. The van der Waals surface area contributed by atoms with Crippen LogP contribution in [0.3, 0.4) is 0 Å². The Morgan fingerprint density at radius 2 is 1.77 bits per heavy atom. The molecule has 0 saturated carbocycles. The Hall–Kier alpha value is -2.96. The Bertz CT molecular complexity index is 1020. The summed E-state index contributed by atoms with van der Waals surface area (Å²) in [6, 6.07) is 20.0. The molecule has 0 spiro atoms. The minimum absolute atomic E-state index is 0.0366. The highest BCUT2D eigenvalue weighted by Gasteiger charge is 2.26. The zero-order valence-corrected chi connectivity index (χ0v) is 17.7. The Morgan fingerprint density at radius 3 is 2.50 bits per heavy atom. The van der Waals surface area contributed by atoms with Crippen molar-refractivity contribution in [1.29, 1.82) is 0 Å². The van der Waals surface area contributed by atoms with E-state index in [0.717, 1.165) is 25.1 Å². The smallest absolute Gasteiger partial charge is 0.313 e. The highest BCUT2D eigenvalue weighted by Crippen LogP contribution is 2.30. The van der Waals surface area contributed by atoms with Gasteiger partial charge in [0.15, 0.2) is 0 Å². The van der Waals surface area contributed by atoms with E-state index < -0.39 is 11.8 Å². The van der Waals surface area contributed by atoms with E-state index in [-0.39, 0.29) is 6.04 Å². The van der Waals surface area contributed by atoms with Crippen LogP contribution >= 0.6 is 11.3 Å². The number of nitrogens with one attached hydrogen (secondary N) is 2. The molecule has 5 nitrogen and oxygen atoms in total. The van der Waals surface area contributed by atoms with Crippen LogP contribution in [0.5, 0.6) is 0 Å². The van der Waals surface area contributed by atoms with Crippen LogP contribution in [0.4, 0.5) is 5.69 Å². The average molecular weight is 420 g/mol. The van der Waals surface area contributed by atoms with Gasteiger partial charge in [0.2, 0.25) is 0 Å². The second-order valence-electron chi connectivity index (χ2n) is 7.55. The van der Waals surface area contributed by atoms with Gasteiger partial charge < -0.3 is 10.6 Å². The van der Waals surface area contributed by atoms with Crippen molar-refractivity contribution in [1.82, 2.24) is 10.2 Å². The standard InChI is InChI=1S/C24H25N3O2S/c1-17-8-10-20(11-9-17)26-24(29)23(28)25-15-21(22-7-4-14-30-22)27-13-12-18-5-2-3-6-19(18)16-27/h2-11,14,21H,12-13,15-16H2,1H3,(H,25,28)(H,26,29)/t21-/m1/s1. The van der Waals surface area contributed by atoms with Gasteiger partial charge >= 0.3 is 11.8 Å². The Kier molecular flexibility index (Phi) is 6.26. The summed E-state index contributed by atoms with van der Waals surface area (Å²) in [5.41, 5.74) is 4.43. The Morgan fingerprint density at radius 1 is 1.00 bits per heavy atom. The quantitative estimate of drug-likeness (QED) is 0.617. The van der Waals surface area contributed by atoms with E-state index in [9.17, 15) is 9.59 Å². The maximum absolute atomic E-state index is 12.4. The number of amides is 2. The molecule has 1 aliphatic rings. The first-order valence-electron chi connectivity index (χ1n) is 10.1. The molecule has 2 aromatic carbocycles. The van der Waals surface area contributed by atoms with E-state index in [4.69, 9.17) is 0 Å². The van der Waals surface area contributed by atoms with Crippen LogP contribution in [0, 0.1) is 6.92 Å². The number of hydrogen-bond donors (Lipinski definition) is 2. The van der Waals surface area contributed by atoms with Crippen molar-refractivity contribution in [3.05, 3.63) is 87.6 Å². The molecular formula is C24H25N3O2S. The monoisotopic (exact) mass is 419 g/mol. The lowest BCUT2D eigenvalue weighted by Gasteiger charge is -2.35. The summed E-state index contributed by atoms with van der Waals surface area (Å²) in [7, 11) is 0. The third kappa shape index (κ3) is 4.78. The van der Waals surface area contributed by atoms with Crippen molar-refractivity contribution in [3.8, 4) is 0 Å². The molecule has 0 saturated heterocycles. The molecule has 2 amide bonds. The van der Waals surface area contributed by atoms with Gasteiger partial charge in [-0.05, 0) is 48.1 Å². The number of carbonyl (C=O) groups excluding carboxylic acids is 2. The van der Waals surface area contributed by atoms with E-state index in [2.05, 4.69) is 45.9 Å².